The van der Waals surface area contributed by atoms with Crippen LogP contribution in [0.5, 0.6) is 0 Å². The van der Waals surface area contributed by atoms with Crippen LogP contribution >= 0.6 is 0 Å². The summed E-state index contributed by atoms with van der Waals surface area (Å²) in [7, 11) is 0. The summed E-state index contributed by atoms with van der Waals surface area (Å²) < 4.78 is 0. The van der Waals surface area contributed by atoms with E-state index in [4.69, 9.17) is 0 Å². The minimum atomic E-state index is -0.156. The first-order valence-electron chi connectivity index (χ1n) is 6.32. The summed E-state index contributed by atoms with van der Waals surface area (Å²) in [5, 5.41) is 8.98. The topological polar surface area (TPSA) is 53.2 Å². The van der Waals surface area contributed by atoms with Gasteiger partial charge in [-0.15, -0.1) is 0 Å². The van der Waals surface area contributed by atoms with E-state index in [9.17, 15) is 4.79 Å². The highest BCUT2D eigenvalue weighted by molar-refractivity contribution is 5.89. The van der Waals surface area contributed by atoms with Crippen molar-refractivity contribution in [3.63, 3.8) is 0 Å². The summed E-state index contributed by atoms with van der Waals surface area (Å²) in [4.78, 5) is 11.5. The maximum absolute atomic E-state index is 11.5. The molecule has 18 heavy (non-hydrogen) atoms. The molecule has 3 N–H and O–H groups in total. The third kappa shape index (κ3) is 6.91. The molecule has 1 rings (SSSR count). The Morgan fingerprint density at radius 3 is 2.39 bits per heavy atom. The highest BCUT2D eigenvalue weighted by atomic mass is 16.2. The van der Waals surface area contributed by atoms with Crippen LogP contribution in [0.3, 0.4) is 0 Å². The molecule has 4 heteroatoms. The first-order chi connectivity index (χ1) is 8.47. The summed E-state index contributed by atoms with van der Waals surface area (Å²) >= 11 is 0. The zero-order valence-electron chi connectivity index (χ0n) is 11.4. The summed E-state index contributed by atoms with van der Waals surface area (Å²) in [6.45, 7) is 7.95. The third-order valence-electron chi connectivity index (χ3n) is 2.33. The lowest BCUT2D eigenvalue weighted by Crippen LogP contribution is -2.38. The quantitative estimate of drug-likeness (QED) is 0.703. The third-order valence-corrected chi connectivity index (χ3v) is 2.33. The molecule has 0 radical (unpaired) electrons. The van der Waals surface area contributed by atoms with E-state index in [1.54, 1.807) is 0 Å². The largest absolute Gasteiger partial charge is 0.338 e. The van der Waals surface area contributed by atoms with Crippen molar-refractivity contribution < 1.29 is 4.79 Å². The van der Waals surface area contributed by atoms with Gasteiger partial charge in [0.25, 0.3) is 0 Å². The predicted octanol–water partition coefficient (Wildman–Crippen LogP) is 2.59. The summed E-state index contributed by atoms with van der Waals surface area (Å²) in [6, 6.07) is 9.27. The Kier molecular flexibility index (Phi) is 5.65. The van der Waals surface area contributed by atoms with Crippen LogP contribution in [0.1, 0.15) is 27.2 Å². The number of rotatable bonds is 5. The van der Waals surface area contributed by atoms with Gasteiger partial charge in [-0.3, -0.25) is 0 Å². The number of hydrogen-bond acceptors (Lipinski definition) is 2. The van der Waals surface area contributed by atoms with Gasteiger partial charge in [0.1, 0.15) is 0 Å². The Morgan fingerprint density at radius 1 is 1.11 bits per heavy atom. The van der Waals surface area contributed by atoms with Crippen molar-refractivity contribution in [3.05, 3.63) is 30.3 Å². The van der Waals surface area contributed by atoms with E-state index in [-0.39, 0.29) is 11.6 Å². The average Bonchev–Trinajstić information content (AvgIpc) is 2.28. The average molecular weight is 249 g/mol. The lowest BCUT2D eigenvalue weighted by Gasteiger charge is -2.20. The van der Waals surface area contributed by atoms with Gasteiger partial charge in [-0.1, -0.05) is 18.2 Å². The maximum atomic E-state index is 11.5. The monoisotopic (exact) mass is 249 g/mol. The van der Waals surface area contributed by atoms with Crippen LogP contribution in [0.2, 0.25) is 0 Å². The molecule has 1 aromatic rings. The SMILES string of the molecule is CC(C)(C)NCCCNC(=O)Nc1ccccc1. The van der Waals surface area contributed by atoms with Crippen molar-refractivity contribution in [1.82, 2.24) is 10.6 Å². The van der Waals surface area contributed by atoms with E-state index in [2.05, 4.69) is 36.7 Å². The number of amides is 2. The zero-order valence-corrected chi connectivity index (χ0v) is 11.4. The van der Waals surface area contributed by atoms with Crippen LogP contribution < -0.4 is 16.0 Å². The Labute approximate surface area is 109 Å². The Morgan fingerprint density at radius 2 is 1.78 bits per heavy atom. The normalized spacial score (nSPS) is 11.1. The second kappa shape index (κ2) is 7.01. The lowest BCUT2D eigenvalue weighted by atomic mass is 10.1. The first-order valence-corrected chi connectivity index (χ1v) is 6.32. The van der Waals surface area contributed by atoms with Crippen molar-refractivity contribution in [1.29, 1.82) is 0 Å². The van der Waals surface area contributed by atoms with Crippen LogP contribution in [-0.4, -0.2) is 24.7 Å². The van der Waals surface area contributed by atoms with E-state index in [0.717, 1.165) is 18.7 Å². The van der Waals surface area contributed by atoms with Crippen molar-refractivity contribution in [3.8, 4) is 0 Å². The lowest BCUT2D eigenvalue weighted by molar-refractivity contribution is 0.252. The summed E-state index contributed by atoms with van der Waals surface area (Å²) in [6.07, 6.45) is 0.916. The number of anilines is 1. The molecule has 1 aromatic carbocycles. The molecule has 0 saturated heterocycles. The highest BCUT2D eigenvalue weighted by Gasteiger charge is 2.07. The van der Waals surface area contributed by atoms with Crippen LogP contribution in [-0.2, 0) is 0 Å². The van der Waals surface area contributed by atoms with Crippen LogP contribution in [0, 0.1) is 0 Å². The molecule has 0 fully saturated rings. The van der Waals surface area contributed by atoms with E-state index in [0.29, 0.717) is 6.54 Å². The number of carbonyl (C=O) groups is 1. The van der Waals surface area contributed by atoms with Crippen LogP contribution in [0.25, 0.3) is 0 Å². The van der Waals surface area contributed by atoms with Crippen LogP contribution in [0.4, 0.5) is 10.5 Å². The van der Waals surface area contributed by atoms with Gasteiger partial charge in [-0.2, -0.15) is 0 Å². The highest BCUT2D eigenvalue weighted by Crippen LogP contribution is 2.04. The molecular formula is C14H23N3O. The molecule has 0 aliphatic carbocycles. The molecule has 100 valence electrons. The van der Waals surface area contributed by atoms with E-state index in [1.807, 2.05) is 30.3 Å². The molecule has 0 unspecified atom stereocenters. The Hall–Kier alpha value is -1.55. The van der Waals surface area contributed by atoms with Gasteiger partial charge in [0, 0.05) is 17.8 Å². The first kappa shape index (κ1) is 14.5. The van der Waals surface area contributed by atoms with E-state index >= 15 is 0 Å². The number of para-hydroxylation sites is 1. The molecule has 0 aliphatic heterocycles. The second-order valence-electron chi connectivity index (χ2n) is 5.28. The molecule has 0 atom stereocenters. The van der Waals surface area contributed by atoms with Gasteiger partial charge >= 0.3 is 6.03 Å². The smallest absolute Gasteiger partial charge is 0.319 e. The van der Waals surface area contributed by atoms with Gasteiger partial charge in [0.15, 0.2) is 0 Å². The molecule has 0 bridgehead atoms. The van der Waals surface area contributed by atoms with Crippen molar-refractivity contribution in [2.45, 2.75) is 32.7 Å². The second-order valence-corrected chi connectivity index (χ2v) is 5.28. The molecule has 4 nitrogen and oxygen atoms in total. The summed E-state index contributed by atoms with van der Waals surface area (Å²) in [5.74, 6) is 0. The fourth-order valence-electron chi connectivity index (χ4n) is 1.45. The molecule has 0 heterocycles. The Bertz CT molecular complexity index is 357. The van der Waals surface area contributed by atoms with Crippen molar-refractivity contribution in [2.75, 3.05) is 18.4 Å². The number of carbonyl (C=O) groups excluding carboxylic acids is 1. The zero-order chi connectivity index (χ0) is 13.4. The number of benzene rings is 1. The van der Waals surface area contributed by atoms with Crippen molar-refractivity contribution >= 4 is 11.7 Å². The van der Waals surface area contributed by atoms with Crippen LogP contribution in [0.15, 0.2) is 30.3 Å². The molecular weight excluding hydrogens is 226 g/mol. The van der Waals surface area contributed by atoms with Crippen molar-refractivity contribution in [2.24, 2.45) is 0 Å². The fraction of sp³-hybridized carbons (Fsp3) is 0.500. The number of urea groups is 1. The van der Waals surface area contributed by atoms with Gasteiger partial charge in [0.05, 0.1) is 0 Å². The predicted molar refractivity (Wildman–Crippen MR) is 75.8 cm³/mol. The number of nitrogens with one attached hydrogen (secondary N) is 3. The van der Waals surface area contributed by atoms with Gasteiger partial charge < -0.3 is 16.0 Å². The molecule has 0 aromatic heterocycles. The minimum Gasteiger partial charge on any atom is -0.338 e. The number of hydrogen-bond donors (Lipinski definition) is 3. The Balaban J connectivity index is 2.11. The molecule has 0 aliphatic rings. The van der Waals surface area contributed by atoms with Gasteiger partial charge in [-0.05, 0) is 45.9 Å². The van der Waals surface area contributed by atoms with E-state index < -0.39 is 0 Å². The maximum Gasteiger partial charge on any atom is 0.319 e. The summed E-state index contributed by atoms with van der Waals surface area (Å²) in [5.41, 5.74) is 0.939. The van der Waals surface area contributed by atoms with Gasteiger partial charge in [-0.25, -0.2) is 4.79 Å². The molecule has 0 saturated carbocycles. The molecule has 0 spiro atoms. The minimum absolute atomic E-state index is 0.131. The van der Waals surface area contributed by atoms with E-state index in [1.165, 1.54) is 0 Å². The molecule has 2 amide bonds. The fourth-order valence-corrected chi connectivity index (χ4v) is 1.45. The van der Waals surface area contributed by atoms with Gasteiger partial charge in [0.2, 0.25) is 0 Å². The standard InChI is InChI=1S/C14H23N3O/c1-14(2,3)16-11-7-10-15-13(18)17-12-8-5-4-6-9-12/h4-6,8-9,16H,7,10-11H2,1-3H3,(H2,15,17,18).